The number of rotatable bonds is 14. The summed E-state index contributed by atoms with van der Waals surface area (Å²) < 4.78 is 10.9. The van der Waals surface area contributed by atoms with Crippen LogP contribution in [-0.2, 0) is 9.47 Å². The predicted octanol–water partition coefficient (Wildman–Crippen LogP) is 6.54. The van der Waals surface area contributed by atoms with Crippen molar-refractivity contribution in [1.29, 1.82) is 0 Å². The van der Waals surface area contributed by atoms with Gasteiger partial charge in [-0.3, -0.25) is 0 Å². The van der Waals surface area contributed by atoms with E-state index in [2.05, 4.69) is 27.4 Å². The van der Waals surface area contributed by atoms with Gasteiger partial charge in [0, 0.05) is 19.8 Å². The highest BCUT2D eigenvalue weighted by Crippen LogP contribution is 2.14. The smallest absolute Gasteiger partial charge is 0.0619 e. The van der Waals surface area contributed by atoms with Gasteiger partial charge < -0.3 is 9.47 Å². The topological polar surface area (TPSA) is 18.5 Å². The van der Waals surface area contributed by atoms with E-state index in [4.69, 9.17) is 9.47 Å². The van der Waals surface area contributed by atoms with Crippen molar-refractivity contribution in [2.45, 2.75) is 97.5 Å². The molecule has 1 aliphatic heterocycles. The molecule has 2 atom stereocenters. The zero-order valence-corrected chi connectivity index (χ0v) is 16.2. The first kappa shape index (κ1) is 22.7. The van der Waals surface area contributed by atoms with E-state index in [-0.39, 0.29) is 0 Å². The van der Waals surface area contributed by atoms with Gasteiger partial charge in [-0.15, -0.1) is 6.58 Å². The van der Waals surface area contributed by atoms with Gasteiger partial charge in [0.25, 0.3) is 0 Å². The molecule has 138 valence electrons. The van der Waals surface area contributed by atoms with Gasteiger partial charge in [0.1, 0.15) is 0 Å². The number of hydrogen-bond acceptors (Lipinski definition) is 2. The van der Waals surface area contributed by atoms with E-state index in [1.165, 1.54) is 64.2 Å². The van der Waals surface area contributed by atoms with Gasteiger partial charge in [-0.1, -0.05) is 78.2 Å². The van der Waals surface area contributed by atoms with E-state index in [0.29, 0.717) is 12.0 Å². The summed E-state index contributed by atoms with van der Waals surface area (Å²) >= 11 is 0. The largest absolute Gasteiger partial charge is 0.381 e. The molecule has 2 unspecified atom stereocenters. The van der Waals surface area contributed by atoms with Crippen LogP contribution >= 0.6 is 0 Å². The minimum absolute atomic E-state index is 0.508. The summed E-state index contributed by atoms with van der Waals surface area (Å²) in [5.74, 6) is 0.699. The molecule has 0 saturated carbocycles. The van der Waals surface area contributed by atoms with Crippen molar-refractivity contribution in [1.82, 2.24) is 0 Å². The van der Waals surface area contributed by atoms with E-state index in [0.717, 1.165) is 26.2 Å². The van der Waals surface area contributed by atoms with Crippen molar-refractivity contribution in [3.63, 3.8) is 0 Å². The summed E-state index contributed by atoms with van der Waals surface area (Å²) in [6, 6.07) is 0. The lowest BCUT2D eigenvalue weighted by atomic mass is 10.1. The highest BCUT2D eigenvalue weighted by Gasteiger charge is 2.16. The molecule has 0 aromatic heterocycles. The molecule has 0 spiro atoms. The van der Waals surface area contributed by atoms with Gasteiger partial charge in [-0.2, -0.15) is 0 Å². The monoisotopic (exact) mass is 326 g/mol. The Bertz CT molecular complexity index is 236. The van der Waals surface area contributed by atoms with Gasteiger partial charge in [0.05, 0.1) is 6.10 Å². The molecule has 2 nitrogen and oxygen atoms in total. The Hall–Kier alpha value is -0.340. The Labute approximate surface area is 146 Å². The highest BCUT2D eigenvalue weighted by atomic mass is 16.5. The molecule has 2 heteroatoms. The van der Waals surface area contributed by atoms with Crippen LogP contribution in [0, 0.1) is 5.92 Å². The lowest BCUT2D eigenvalue weighted by molar-refractivity contribution is -0.0665. The fourth-order valence-electron chi connectivity index (χ4n) is 2.33. The number of ether oxygens (including phenoxy) is 2. The molecule has 0 aromatic rings. The first-order valence-electron chi connectivity index (χ1n) is 10.1. The molecule has 0 aliphatic carbocycles. The van der Waals surface area contributed by atoms with Crippen LogP contribution in [0.2, 0.25) is 0 Å². The van der Waals surface area contributed by atoms with Gasteiger partial charge in [-0.05, 0) is 25.2 Å². The Kier molecular flexibility index (Phi) is 17.7. The van der Waals surface area contributed by atoms with E-state index in [1.807, 2.05) is 6.08 Å². The lowest BCUT2D eigenvalue weighted by Crippen LogP contribution is -2.27. The minimum atomic E-state index is 0.508. The van der Waals surface area contributed by atoms with Gasteiger partial charge in [0.2, 0.25) is 0 Å². The van der Waals surface area contributed by atoms with Crippen LogP contribution in [0.5, 0.6) is 0 Å². The third kappa shape index (κ3) is 16.3. The van der Waals surface area contributed by atoms with Crippen LogP contribution in [0.15, 0.2) is 12.7 Å². The van der Waals surface area contributed by atoms with Crippen molar-refractivity contribution in [2.24, 2.45) is 5.92 Å². The van der Waals surface area contributed by atoms with Crippen LogP contribution in [0.3, 0.4) is 0 Å². The second kappa shape index (κ2) is 18.0. The molecular weight excluding hydrogens is 284 g/mol. The lowest BCUT2D eigenvalue weighted by Gasteiger charge is -2.26. The molecular formula is C21H42O2. The maximum absolute atomic E-state index is 5.61. The molecule has 0 aromatic carbocycles. The van der Waals surface area contributed by atoms with Crippen LogP contribution in [0.25, 0.3) is 0 Å². The van der Waals surface area contributed by atoms with Gasteiger partial charge in [0.15, 0.2) is 0 Å². The Morgan fingerprint density at radius 1 is 1.04 bits per heavy atom. The molecule has 1 rings (SSSR count). The van der Waals surface area contributed by atoms with Crippen molar-refractivity contribution in [3.8, 4) is 0 Å². The highest BCUT2D eigenvalue weighted by molar-refractivity contribution is 4.72. The summed E-state index contributed by atoms with van der Waals surface area (Å²) in [4.78, 5) is 0. The minimum Gasteiger partial charge on any atom is -0.381 e. The molecule has 1 heterocycles. The third-order valence-corrected chi connectivity index (χ3v) is 4.57. The fourth-order valence-corrected chi connectivity index (χ4v) is 2.33. The van der Waals surface area contributed by atoms with E-state index in [9.17, 15) is 0 Å². The molecule has 23 heavy (non-hydrogen) atoms. The van der Waals surface area contributed by atoms with Gasteiger partial charge in [-0.25, -0.2) is 0 Å². The number of allylic oxidation sites excluding steroid dienone is 1. The maximum atomic E-state index is 5.61. The van der Waals surface area contributed by atoms with Crippen molar-refractivity contribution in [3.05, 3.63) is 12.7 Å². The van der Waals surface area contributed by atoms with Crippen LogP contribution in [-0.4, -0.2) is 25.9 Å². The van der Waals surface area contributed by atoms with E-state index >= 15 is 0 Å². The second-order valence-corrected chi connectivity index (χ2v) is 6.78. The zero-order valence-electron chi connectivity index (χ0n) is 16.2. The molecule has 1 saturated heterocycles. The average Bonchev–Trinajstić information content (AvgIpc) is 2.54. The molecule has 1 aliphatic rings. The molecule has 0 bridgehead atoms. The summed E-state index contributed by atoms with van der Waals surface area (Å²) in [6.07, 6.45) is 17.0. The normalized spacial score (nSPS) is 17.8. The van der Waals surface area contributed by atoms with E-state index < -0.39 is 0 Å². The quantitative estimate of drug-likeness (QED) is 0.266. The summed E-state index contributed by atoms with van der Waals surface area (Å²) in [7, 11) is 0. The first-order chi connectivity index (χ1) is 11.2. The standard InChI is InChI=1S/C15H30O2.C6H12/c1-2-3-4-5-6-7-8-9-12-16-13-10-15-11-14-17-15;1-4-6(3)5-2/h15H,2-14H2,1H3;4,6H,1,5H2,2-3H3. The zero-order chi connectivity index (χ0) is 17.2. The number of hydrogen-bond donors (Lipinski definition) is 0. The van der Waals surface area contributed by atoms with Crippen molar-refractivity contribution >= 4 is 0 Å². The van der Waals surface area contributed by atoms with Crippen molar-refractivity contribution in [2.75, 3.05) is 19.8 Å². The van der Waals surface area contributed by atoms with Crippen LogP contribution in [0.1, 0.15) is 91.4 Å². The molecule has 0 N–H and O–H groups in total. The summed E-state index contributed by atoms with van der Waals surface area (Å²) in [6.45, 7) is 13.0. The van der Waals surface area contributed by atoms with Crippen LogP contribution < -0.4 is 0 Å². The number of unbranched alkanes of at least 4 members (excludes halogenated alkanes) is 7. The first-order valence-corrected chi connectivity index (χ1v) is 10.1. The SMILES string of the molecule is C=CC(C)CC.CCCCCCCCCCOCCC1CCO1. The fraction of sp³-hybridized carbons (Fsp3) is 0.905. The second-order valence-electron chi connectivity index (χ2n) is 6.78. The van der Waals surface area contributed by atoms with Crippen LogP contribution in [0.4, 0.5) is 0 Å². The molecule has 1 fully saturated rings. The predicted molar refractivity (Wildman–Crippen MR) is 102 cm³/mol. The summed E-state index contributed by atoms with van der Waals surface area (Å²) in [5, 5.41) is 0. The summed E-state index contributed by atoms with van der Waals surface area (Å²) in [5.41, 5.74) is 0. The Balaban J connectivity index is 0.000000688. The van der Waals surface area contributed by atoms with Gasteiger partial charge >= 0.3 is 0 Å². The average molecular weight is 327 g/mol. The third-order valence-electron chi connectivity index (χ3n) is 4.57. The van der Waals surface area contributed by atoms with E-state index in [1.54, 1.807) is 0 Å². The Morgan fingerprint density at radius 2 is 1.65 bits per heavy atom. The maximum Gasteiger partial charge on any atom is 0.0619 e. The Morgan fingerprint density at radius 3 is 2.09 bits per heavy atom. The molecule has 0 amide bonds. The van der Waals surface area contributed by atoms with Crippen molar-refractivity contribution < 1.29 is 9.47 Å². The molecule has 0 radical (unpaired) electrons.